The van der Waals surface area contributed by atoms with Crippen LogP contribution >= 0.6 is 0 Å². The molecule has 5 heterocycles. The van der Waals surface area contributed by atoms with E-state index in [2.05, 4.69) is 34.5 Å². The topological polar surface area (TPSA) is 211 Å². The molecule has 5 aliphatic heterocycles. The number of benzene rings is 1. The Labute approximate surface area is 241 Å². The first-order valence-electron chi connectivity index (χ1n) is 14.2. The first-order valence-corrected chi connectivity index (χ1v) is 14.2. The number of nitrogens with zero attached hydrogens (tertiary/aromatic N) is 5. The zero-order chi connectivity index (χ0) is 29.8. The second-order valence-corrected chi connectivity index (χ2v) is 12.6. The number of nitrogens with two attached hydrogens (primary N) is 2. The van der Waals surface area contributed by atoms with Gasteiger partial charge in [-0.05, 0) is 30.7 Å². The number of hydrogen-bond acceptors (Lipinski definition) is 12. The van der Waals surface area contributed by atoms with Crippen LogP contribution in [0.2, 0.25) is 0 Å². The van der Waals surface area contributed by atoms with Gasteiger partial charge in [-0.15, -0.1) is 0 Å². The Morgan fingerprint density at radius 2 is 1.98 bits per heavy atom. The molecule has 224 valence electrons. The largest absolute Gasteiger partial charge is 0.492 e. The first kappa shape index (κ1) is 26.8. The molecule has 2 saturated heterocycles. The van der Waals surface area contributed by atoms with Gasteiger partial charge in [-0.25, -0.2) is 14.8 Å². The van der Waals surface area contributed by atoms with E-state index >= 15 is 0 Å². The van der Waals surface area contributed by atoms with Crippen molar-refractivity contribution in [3.05, 3.63) is 29.3 Å². The van der Waals surface area contributed by atoms with Crippen molar-refractivity contribution >= 4 is 29.8 Å². The highest BCUT2D eigenvalue weighted by atomic mass is 16.5. The fourth-order valence-corrected chi connectivity index (χ4v) is 7.02. The normalized spacial score (nSPS) is 32.4. The second-order valence-electron chi connectivity index (χ2n) is 12.6. The lowest BCUT2D eigenvalue weighted by atomic mass is 9.79. The predicted octanol–water partition coefficient (Wildman–Crippen LogP) is -2.05. The SMILES string of the molecule is CC1(C)CCOc2c(C(=O)N[C@H]3CN4C(N)=NC(CN5C(=O)CN(C6CC6)C5=O)C5N=C(N)NC54C3(O)O)cccc21. The molecule has 3 unspecified atom stereocenters. The van der Waals surface area contributed by atoms with Crippen molar-refractivity contribution in [2.75, 3.05) is 26.2 Å². The van der Waals surface area contributed by atoms with E-state index in [1.54, 1.807) is 17.0 Å². The van der Waals surface area contributed by atoms with Gasteiger partial charge in [0.15, 0.2) is 17.6 Å². The third kappa shape index (κ3) is 3.62. The minimum Gasteiger partial charge on any atom is -0.492 e. The van der Waals surface area contributed by atoms with E-state index in [4.69, 9.17) is 16.2 Å². The van der Waals surface area contributed by atoms with E-state index in [9.17, 15) is 24.6 Å². The van der Waals surface area contributed by atoms with Gasteiger partial charge in [-0.1, -0.05) is 26.0 Å². The number of fused-ring (bicyclic) bond motifs is 1. The van der Waals surface area contributed by atoms with E-state index in [0.29, 0.717) is 12.4 Å². The van der Waals surface area contributed by atoms with Crippen molar-refractivity contribution in [3.8, 4) is 5.75 Å². The van der Waals surface area contributed by atoms with Crippen molar-refractivity contribution in [2.45, 2.75) is 74.1 Å². The van der Waals surface area contributed by atoms with Crippen LogP contribution in [0.3, 0.4) is 0 Å². The standard InChI is InChI=1S/C27H35N9O6/c1-25(2)8-9-42-19-14(4-3-5-15(19)25)21(38)31-17-11-36-23(29)30-16(20-26(36,27(17,40)41)33-22(28)32-20)10-35-18(37)12-34(24(35)39)13-6-7-13/h3-5,13,16-17,20,40-41H,6-12H2,1-2H3,(H2,29,30)(H,31,38)(H3,28,32,33)/t16?,17-,20?,26?/m0/s1. The summed E-state index contributed by atoms with van der Waals surface area (Å²) in [5.74, 6) is -3.28. The third-order valence-corrected chi connectivity index (χ3v) is 9.51. The fraction of sp³-hybridized carbons (Fsp3) is 0.593. The molecule has 0 radical (unpaired) electrons. The monoisotopic (exact) mass is 581 g/mol. The lowest BCUT2D eigenvalue weighted by Crippen LogP contribution is -2.78. The van der Waals surface area contributed by atoms with Crippen LogP contribution in [0.25, 0.3) is 0 Å². The summed E-state index contributed by atoms with van der Waals surface area (Å²) in [6.45, 7) is 4.30. The molecule has 7 rings (SSSR count). The number of para-hydroxylation sites is 1. The van der Waals surface area contributed by atoms with Crippen molar-refractivity contribution in [3.63, 3.8) is 0 Å². The third-order valence-electron chi connectivity index (χ3n) is 9.51. The highest BCUT2D eigenvalue weighted by molar-refractivity contribution is 6.02. The number of carbonyl (C=O) groups is 3. The van der Waals surface area contributed by atoms with Crippen LogP contribution in [-0.2, 0) is 10.2 Å². The number of urea groups is 1. The van der Waals surface area contributed by atoms with Crippen LogP contribution in [0.15, 0.2) is 28.2 Å². The van der Waals surface area contributed by atoms with Crippen molar-refractivity contribution in [1.29, 1.82) is 0 Å². The molecular formula is C27H35N9O6. The van der Waals surface area contributed by atoms with Gasteiger partial charge in [0.05, 0.1) is 24.8 Å². The molecule has 0 aromatic heterocycles. The molecule has 6 aliphatic rings. The Kier molecular flexibility index (Phi) is 5.55. The minimum absolute atomic E-state index is 0.0108. The number of aliphatic hydroxyl groups is 2. The summed E-state index contributed by atoms with van der Waals surface area (Å²) in [5, 5.41) is 29.2. The Morgan fingerprint density at radius 1 is 1.21 bits per heavy atom. The number of ether oxygens (including phenoxy) is 1. The van der Waals surface area contributed by atoms with Crippen molar-refractivity contribution < 1.29 is 29.3 Å². The number of guanidine groups is 2. The number of nitrogens with one attached hydrogen (secondary N) is 2. The summed E-state index contributed by atoms with van der Waals surface area (Å²) in [6.07, 6.45) is 2.50. The van der Waals surface area contributed by atoms with E-state index in [0.717, 1.165) is 29.7 Å². The second kappa shape index (κ2) is 8.70. The summed E-state index contributed by atoms with van der Waals surface area (Å²) >= 11 is 0. The van der Waals surface area contributed by atoms with Gasteiger partial charge in [-0.3, -0.25) is 14.5 Å². The molecule has 1 saturated carbocycles. The van der Waals surface area contributed by atoms with E-state index in [-0.39, 0.29) is 54.5 Å². The zero-order valence-corrected chi connectivity index (χ0v) is 23.4. The maximum atomic E-state index is 13.6. The van der Waals surface area contributed by atoms with Gasteiger partial charge in [0, 0.05) is 18.2 Å². The number of carbonyl (C=O) groups excluding carboxylic acids is 3. The number of amides is 4. The highest BCUT2D eigenvalue weighted by Gasteiger charge is 2.73. The van der Waals surface area contributed by atoms with Gasteiger partial charge in [-0.2, -0.15) is 0 Å². The summed E-state index contributed by atoms with van der Waals surface area (Å²) in [5.41, 5.74) is 11.6. The Balaban J connectivity index is 1.18. The van der Waals surface area contributed by atoms with Gasteiger partial charge >= 0.3 is 6.03 Å². The maximum Gasteiger partial charge on any atom is 0.327 e. The van der Waals surface area contributed by atoms with Crippen LogP contribution in [0.1, 0.15) is 49.0 Å². The minimum atomic E-state index is -2.66. The number of hydrogen-bond donors (Lipinski definition) is 6. The quantitative estimate of drug-likeness (QED) is 0.165. The molecule has 4 amide bonds. The lowest BCUT2D eigenvalue weighted by Gasteiger charge is -2.49. The van der Waals surface area contributed by atoms with Crippen LogP contribution in [0, 0.1) is 0 Å². The fourth-order valence-electron chi connectivity index (χ4n) is 7.02. The molecule has 42 heavy (non-hydrogen) atoms. The van der Waals surface area contributed by atoms with Crippen molar-refractivity contribution in [1.82, 2.24) is 25.3 Å². The molecule has 4 atom stereocenters. The summed E-state index contributed by atoms with van der Waals surface area (Å²) in [6, 6.07) is 1.73. The Bertz CT molecular complexity index is 1460. The summed E-state index contributed by atoms with van der Waals surface area (Å²) in [4.78, 5) is 52.4. The molecule has 0 bridgehead atoms. The Hall–Kier alpha value is -4.11. The van der Waals surface area contributed by atoms with Gasteiger partial charge in [0.2, 0.25) is 11.7 Å². The average molecular weight is 582 g/mol. The van der Waals surface area contributed by atoms with Gasteiger partial charge in [0.25, 0.3) is 5.91 Å². The smallest absolute Gasteiger partial charge is 0.327 e. The first-order chi connectivity index (χ1) is 19.8. The molecule has 1 aromatic carbocycles. The highest BCUT2D eigenvalue weighted by Crippen LogP contribution is 2.46. The average Bonchev–Trinajstić information content (AvgIpc) is 3.59. The number of rotatable bonds is 5. The maximum absolute atomic E-state index is 13.6. The molecule has 1 spiro atoms. The van der Waals surface area contributed by atoms with Crippen LogP contribution in [-0.4, -0.2) is 117 Å². The van der Waals surface area contributed by atoms with E-state index in [1.807, 2.05) is 6.07 Å². The molecular weight excluding hydrogens is 546 g/mol. The number of aliphatic imine (C=N–C) groups is 2. The molecule has 1 aromatic rings. The van der Waals surface area contributed by atoms with Crippen LogP contribution in [0.4, 0.5) is 4.79 Å². The zero-order valence-electron chi connectivity index (χ0n) is 23.4. The molecule has 3 fully saturated rings. The molecule has 15 heteroatoms. The van der Waals surface area contributed by atoms with E-state index in [1.165, 1.54) is 4.90 Å². The molecule has 15 nitrogen and oxygen atoms in total. The molecule has 1 aliphatic carbocycles. The summed E-state index contributed by atoms with van der Waals surface area (Å²) < 4.78 is 5.90. The molecule has 8 N–H and O–H groups in total. The van der Waals surface area contributed by atoms with Gasteiger partial charge < -0.3 is 46.9 Å². The van der Waals surface area contributed by atoms with Crippen LogP contribution < -0.4 is 26.8 Å². The van der Waals surface area contributed by atoms with Crippen molar-refractivity contribution in [2.24, 2.45) is 21.5 Å². The lowest BCUT2D eigenvalue weighted by molar-refractivity contribution is -0.230. The summed E-state index contributed by atoms with van der Waals surface area (Å²) in [7, 11) is 0. The van der Waals surface area contributed by atoms with Crippen LogP contribution in [0.5, 0.6) is 5.75 Å². The van der Waals surface area contributed by atoms with E-state index < -0.39 is 41.5 Å². The predicted molar refractivity (Wildman–Crippen MR) is 148 cm³/mol. The van der Waals surface area contributed by atoms with Gasteiger partial charge in [0.1, 0.15) is 24.4 Å². The Morgan fingerprint density at radius 3 is 2.71 bits per heavy atom. The number of imide groups is 1.